The smallest absolute Gasteiger partial charge is 0.328 e. The number of nitrogens with one attached hydrogen (secondary N) is 3. The van der Waals surface area contributed by atoms with Crippen molar-refractivity contribution in [2.24, 2.45) is 7.05 Å². The van der Waals surface area contributed by atoms with E-state index in [1.807, 2.05) is 23.8 Å². The molecule has 1 aromatic heterocycles. The zero-order valence-electron chi connectivity index (χ0n) is 20.5. The number of sulfonamides is 1. The Kier molecular flexibility index (Phi) is 7.95. The second kappa shape index (κ2) is 10.6. The molecule has 3 rings (SSSR count). The number of carbonyl (C=O) groups excluding carboxylic acids is 3. The highest BCUT2D eigenvalue weighted by Crippen LogP contribution is 2.29. The number of benzene rings is 2. The van der Waals surface area contributed by atoms with Gasteiger partial charge in [-0.25, -0.2) is 17.9 Å². The highest BCUT2D eigenvalue weighted by molar-refractivity contribution is 7.90. The number of amides is 4. The standard InChI is InChI=1S/C24H28ClN5O5S/c1-14-6-11-19-18(22(14)25)13-20(30(19)5)23(32)27-16-7-9-17(10-8-16)36(34,35)28-24(33)26-15(2)12-21(31)29(3)4/h6-11,13,15H,12H2,1-5H3,(H,27,32)(H2,26,28,33). The second-order valence-electron chi connectivity index (χ2n) is 8.67. The van der Waals surface area contributed by atoms with E-state index in [-0.39, 0.29) is 17.2 Å². The summed E-state index contributed by atoms with van der Waals surface area (Å²) in [5.41, 5.74) is 2.46. The molecule has 0 aliphatic carbocycles. The van der Waals surface area contributed by atoms with Crippen LogP contribution in [0.1, 0.15) is 29.4 Å². The van der Waals surface area contributed by atoms with Crippen molar-refractivity contribution < 1.29 is 22.8 Å². The van der Waals surface area contributed by atoms with Gasteiger partial charge in [0.25, 0.3) is 15.9 Å². The number of aryl methyl sites for hydroxylation is 2. The van der Waals surface area contributed by atoms with Crippen molar-refractivity contribution >= 4 is 56.1 Å². The molecular weight excluding hydrogens is 506 g/mol. The van der Waals surface area contributed by atoms with Crippen LogP contribution in [0, 0.1) is 6.92 Å². The molecule has 0 aliphatic rings. The van der Waals surface area contributed by atoms with Crippen molar-refractivity contribution in [1.29, 1.82) is 0 Å². The topological polar surface area (TPSA) is 130 Å². The minimum Gasteiger partial charge on any atom is -0.349 e. The van der Waals surface area contributed by atoms with Crippen LogP contribution in [0.2, 0.25) is 5.02 Å². The molecule has 0 radical (unpaired) electrons. The molecular formula is C24H28ClN5O5S. The SMILES string of the molecule is Cc1ccc2c(cc(C(=O)Nc3ccc(S(=O)(=O)NC(=O)NC(C)CC(=O)N(C)C)cc3)n2C)c1Cl. The fourth-order valence-electron chi connectivity index (χ4n) is 3.55. The number of rotatable bonds is 7. The van der Waals surface area contributed by atoms with Crippen LogP contribution in [0.25, 0.3) is 10.9 Å². The first kappa shape index (κ1) is 27.0. The van der Waals surface area contributed by atoms with E-state index >= 15 is 0 Å². The summed E-state index contributed by atoms with van der Waals surface area (Å²) >= 11 is 6.38. The molecule has 1 heterocycles. The summed E-state index contributed by atoms with van der Waals surface area (Å²) in [6, 6.07) is 9.33. The molecule has 0 saturated carbocycles. The normalized spacial score (nSPS) is 12.2. The van der Waals surface area contributed by atoms with Crippen LogP contribution in [0.3, 0.4) is 0 Å². The van der Waals surface area contributed by atoms with E-state index in [0.29, 0.717) is 16.4 Å². The van der Waals surface area contributed by atoms with Gasteiger partial charge >= 0.3 is 6.03 Å². The molecule has 0 saturated heterocycles. The number of hydrogen-bond acceptors (Lipinski definition) is 5. The average Bonchev–Trinajstić information content (AvgIpc) is 3.13. The Morgan fingerprint density at radius 1 is 1.08 bits per heavy atom. The number of nitrogens with zero attached hydrogens (tertiary/aromatic N) is 2. The van der Waals surface area contributed by atoms with E-state index in [1.165, 1.54) is 29.2 Å². The average molecular weight is 534 g/mol. The summed E-state index contributed by atoms with van der Waals surface area (Å²) in [7, 11) is 0.762. The molecule has 0 fully saturated rings. The lowest BCUT2D eigenvalue weighted by molar-refractivity contribution is -0.129. The van der Waals surface area contributed by atoms with Crippen LogP contribution in [0.5, 0.6) is 0 Å². The summed E-state index contributed by atoms with van der Waals surface area (Å²) in [5.74, 6) is -0.596. The summed E-state index contributed by atoms with van der Waals surface area (Å²) in [6.45, 7) is 3.48. The summed E-state index contributed by atoms with van der Waals surface area (Å²) in [5, 5.41) is 6.49. The summed E-state index contributed by atoms with van der Waals surface area (Å²) in [6.07, 6.45) is 0.0252. The summed E-state index contributed by atoms with van der Waals surface area (Å²) in [4.78, 5) is 37.9. The van der Waals surface area contributed by atoms with Crippen molar-refractivity contribution in [3.63, 3.8) is 0 Å². The van der Waals surface area contributed by atoms with Crippen molar-refractivity contribution in [1.82, 2.24) is 19.5 Å². The molecule has 0 aliphatic heterocycles. The van der Waals surface area contributed by atoms with Crippen LogP contribution < -0.4 is 15.4 Å². The molecule has 192 valence electrons. The fraction of sp³-hybridized carbons (Fsp3) is 0.292. The Morgan fingerprint density at radius 2 is 1.72 bits per heavy atom. The zero-order chi connectivity index (χ0) is 26.8. The van der Waals surface area contributed by atoms with Crippen LogP contribution >= 0.6 is 11.6 Å². The molecule has 10 nitrogen and oxygen atoms in total. The third-order valence-corrected chi connectivity index (χ3v) is 7.44. The van der Waals surface area contributed by atoms with Crippen molar-refractivity contribution in [2.45, 2.75) is 31.2 Å². The van der Waals surface area contributed by atoms with Crippen molar-refractivity contribution in [3.8, 4) is 0 Å². The predicted octanol–water partition coefficient (Wildman–Crippen LogP) is 3.25. The van der Waals surface area contributed by atoms with Gasteiger partial charge in [0.1, 0.15) is 5.69 Å². The van der Waals surface area contributed by atoms with Gasteiger partial charge in [-0.15, -0.1) is 0 Å². The van der Waals surface area contributed by atoms with Gasteiger partial charge in [-0.3, -0.25) is 9.59 Å². The minimum absolute atomic E-state index is 0.0252. The number of aromatic nitrogens is 1. The lowest BCUT2D eigenvalue weighted by Crippen LogP contribution is -2.44. The lowest BCUT2D eigenvalue weighted by Gasteiger charge is -2.17. The van der Waals surface area contributed by atoms with Crippen molar-refractivity contribution in [3.05, 3.63) is 58.7 Å². The molecule has 12 heteroatoms. The molecule has 2 aromatic carbocycles. The lowest BCUT2D eigenvalue weighted by atomic mass is 10.2. The van der Waals surface area contributed by atoms with E-state index in [0.717, 1.165) is 16.5 Å². The van der Waals surface area contributed by atoms with Crippen molar-refractivity contribution in [2.75, 3.05) is 19.4 Å². The molecule has 3 aromatic rings. The Hall–Kier alpha value is -3.57. The van der Waals surface area contributed by atoms with Gasteiger partial charge in [0, 0.05) is 50.2 Å². The molecule has 4 amide bonds. The van der Waals surface area contributed by atoms with Crippen LogP contribution in [0.4, 0.5) is 10.5 Å². The Balaban J connectivity index is 1.67. The van der Waals surface area contributed by atoms with Gasteiger partial charge in [0.05, 0.1) is 9.92 Å². The third-order valence-electron chi connectivity index (χ3n) is 5.59. The zero-order valence-corrected chi connectivity index (χ0v) is 22.1. The van der Waals surface area contributed by atoms with E-state index in [1.54, 1.807) is 38.7 Å². The molecule has 1 atom stereocenters. The number of halogens is 1. The van der Waals surface area contributed by atoms with E-state index in [2.05, 4.69) is 10.6 Å². The largest absolute Gasteiger partial charge is 0.349 e. The number of carbonyl (C=O) groups is 3. The van der Waals surface area contributed by atoms with Gasteiger partial charge in [-0.2, -0.15) is 0 Å². The van der Waals surface area contributed by atoms with Gasteiger partial charge in [-0.05, 0) is 55.8 Å². The maximum absolute atomic E-state index is 12.9. The molecule has 0 spiro atoms. The fourth-order valence-corrected chi connectivity index (χ4v) is 4.67. The molecule has 3 N–H and O–H groups in total. The number of hydrogen-bond donors (Lipinski definition) is 3. The van der Waals surface area contributed by atoms with E-state index in [4.69, 9.17) is 11.6 Å². The highest BCUT2D eigenvalue weighted by Gasteiger charge is 2.21. The predicted molar refractivity (Wildman–Crippen MR) is 139 cm³/mol. The third kappa shape index (κ3) is 5.97. The maximum Gasteiger partial charge on any atom is 0.328 e. The van der Waals surface area contributed by atoms with Gasteiger partial charge < -0.3 is 20.1 Å². The van der Waals surface area contributed by atoms with E-state index in [9.17, 15) is 22.8 Å². The van der Waals surface area contributed by atoms with Crippen LogP contribution in [0.15, 0.2) is 47.4 Å². The molecule has 0 bridgehead atoms. The Bertz CT molecular complexity index is 1430. The minimum atomic E-state index is -4.17. The number of anilines is 1. The Morgan fingerprint density at radius 3 is 2.33 bits per heavy atom. The molecule has 36 heavy (non-hydrogen) atoms. The van der Waals surface area contributed by atoms with Gasteiger partial charge in [0.2, 0.25) is 5.91 Å². The number of urea groups is 1. The maximum atomic E-state index is 12.9. The van der Waals surface area contributed by atoms with Gasteiger partial charge in [-0.1, -0.05) is 17.7 Å². The Labute approximate surface area is 214 Å². The first-order valence-corrected chi connectivity index (χ1v) is 12.9. The first-order chi connectivity index (χ1) is 16.8. The second-order valence-corrected chi connectivity index (χ2v) is 10.7. The number of fused-ring (bicyclic) bond motifs is 1. The summed E-state index contributed by atoms with van der Waals surface area (Å²) < 4.78 is 28.8. The quantitative estimate of drug-likeness (QED) is 0.429. The monoisotopic (exact) mass is 533 g/mol. The first-order valence-electron chi connectivity index (χ1n) is 11.0. The van der Waals surface area contributed by atoms with Gasteiger partial charge in [0.15, 0.2) is 0 Å². The highest BCUT2D eigenvalue weighted by atomic mass is 35.5. The van der Waals surface area contributed by atoms with Crippen LogP contribution in [-0.2, 0) is 21.9 Å². The van der Waals surface area contributed by atoms with Crippen LogP contribution in [-0.4, -0.2) is 55.9 Å². The molecule has 1 unspecified atom stereocenters. The van der Waals surface area contributed by atoms with E-state index < -0.39 is 28.0 Å².